The standard InChI is InChI=1S/C15H17N3O3/c1-9-2-3-11-12(6-9)15(21)18(14(11)20)8-13(19)17-10-4-5-16-7-10/h2-3,6,10,16H,4-5,7-8H2,1H3,(H,17,19). The fourth-order valence-electron chi connectivity index (χ4n) is 2.74. The predicted octanol–water partition coefficient (Wildman–Crippen LogP) is 0.0691. The molecule has 6 nitrogen and oxygen atoms in total. The van der Waals surface area contributed by atoms with Crippen molar-refractivity contribution >= 4 is 17.7 Å². The van der Waals surface area contributed by atoms with Crippen molar-refractivity contribution in [2.45, 2.75) is 19.4 Å². The molecule has 6 heteroatoms. The quantitative estimate of drug-likeness (QED) is 0.771. The lowest BCUT2D eigenvalue weighted by molar-refractivity contribution is -0.122. The van der Waals surface area contributed by atoms with Gasteiger partial charge < -0.3 is 10.6 Å². The van der Waals surface area contributed by atoms with Crippen molar-refractivity contribution in [3.8, 4) is 0 Å². The zero-order valence-corrected chi connectivity index (χ0v) is 11.8. The summed E-state index contributed by atoms with van der Waals surface area (Å²) in [5, 5.41) is 5.98. The maximum absolute atomic E-state index is 12.2. The lowest BCUT2D eigenvalue weighted by Crippen LogP contribution is -2.44. The van der Waals surface area contributed by atoms with Gasteiger partial charge in [0.25, 0.3) is 11.8 Å². The molecule has 0 saturated carbocycles. The molecule has 1 aromatic rings. The Bertz CT molecular complexity index is 621. The number of carbonyl (C=O) groups excluding carboxylic acids is 3. The van der Waals surface area contributed by atoms with Crippen LogP contribution in [0.25, 0.3) is 0 Å². The van der Waals surface area contributed by atoms with E-state index in [4.69, 9.17) is 0 Å². The Morgan fingerprint density at radius 2 is 2.10 bits per heavy atom. The number of rotatable bonds is 3. The van der Waals surface area contributed by atoms with Crippen LogP contribution < -0.4 is 10.6 Å². The summed E-state index contributed by atoms with van der Waals surface area (Å²) in [7, 11) is 0. The van der Waals surface area contributed by atoms with Gasteiger partial charge in [-0.25, -0.2) is 0 Å². The number of hydrogen-bond donors (Lipinski definition) is 2. The summed E-state index contributed by atoms with van der Waals surface area (Å²) in [6.45, 7) is 3.24. The van der Waals surface area contributed by atoms with Gasteiger partial charge in [-0.05, 0) is 32.0 Å². The number of imide groups is 1. The average Bonchev–Trinajstić information content (AvgIpc) is 3.02. The normalized spacial score (nSPS) is 20.8. The summed E-state index contributed by atoms with van der Waals surface area (Å²) in [5.74, 6) is -1.08. The highest BCUT2D eigenvalue weighted by Crippen LogP contribution is 2.23. The summed E-state index contributed by atoms with van der Waals surface area (Å²) in [5.41, 5.74) is 1.68. The number of benzene rings is 1. The molecule has 0 radical (unpaired) electrons. The second-order valence-corrected chi connectivity index (χ2v) is 5.50. The molecule has 2 aliphatic rings. The first-order valence-electron chi connectivity index (χ1n) is 7.03. The van der Waals surface area contributed by atoms with E-state index in [1.54, 1.807) is 18.2 Å². The Morgan fingerprint density at radius 3 is 2.81 bits per heavy atom. The molecule has 2 heterocycles. The van der Waals surface area contributed by atoms with Gasteiger partial charge >= 0.3 is 0 Å². The molecule has 21 heavy (non-hydrogen) atoms. The molecule has 0 spiro atoms. The molecule has 1 saturated heterocycles. The molecule has 2 aliphatic heterocycles. The molecule has 1 atom stereocenters. The molecule has 1 unspecified atom stereocenters. The Kier molecular flexibility index (Phi) is 3.47. The van der Waals surface area contributed by atoms with Crippen LogP contribution in [-0.2, 0) is 4.79 Å². The topological polar surface area (TPSA) is 78.5 Å². The molecule has 3 rings (SSSR count). The first kappa shape index (κ1) is 13.8. The smallest absolute Gasteiger partial charge is 0.262 e. The summed E-state index contributed by atoms with van der Waals surface area (Å²) in [6, 6.07) is 5.20. The summed E-state index contributed by atoms with van der Waals surface area (Å²) in [4.78, 5) is 37.4. The lowest BCUT2D eigenvalue weighted by Gasteiger charge is -2.16. The van der Waals surface area contributed by atoms with Gasteiger partial charge in [0.15, 0.2) is 0 Å². The summed E-state index contributed by atoms with van der Waals surface area (Å²) < 4.78 is 0. The van der Waals surface area contributed by atoms with E-state index in [-0.39, 0.29) is 18.5 Å². The monoisotopic (exact) mass is 287 g/mol. The van der Waals surface area contributed by atoms with Gasteiger partial charge in [-0.2, -0.15) is 0 Å². The number of fused-ring (bicyclic) bond motifs is 1. The van der Waals surface area contributed by atoms with Crippen molar-refractivity contribution in [2.75, 3.05) is 19.6 Å². The number of nitrogens with one attached hydrogen (secondary N) is 2. The van der Waals surface area contributed by atoms with Crippen LogP contribution in [-0.4, -0.2) is 48.3 Å². The van der Waals surface area contributed by atoms with Crippen LogP contribution >= 0.6 is 0 Å². The van der Waals surface area contributed by atoms with Crippen molar-refractivity contribution < 1.29 is 14.4 Å². The third-order valence-corrected chi connectivity index (χ3v) is 3.85. The Labute approximate surface area is 122 Å². The van der Waals surface area contributed by atoms with E-state index in [0.717, 1.165) is 30.0 Å². The van der Waals surface area contributed by atoms with E-state index in [1.165, 1.54) is 0 Å². The van der Waals surface area contributed by atoms with E-state index in [0.29, 0.717) is 11.1 Å². The lowest BCUT2D eigenvalue weighted by atomic mass is 10.1. The fraction of sp³-hybridized carbons (Fsp3) is 0.400. The Hall–Kier alpha value is -2.21. The SMILES string of the molecule is Cc1ccc2c(c1)C(=O)N(CC(=O)NC1CCNC1)C2=O. The molecular formula is C15H17N3O3. The van der Waals surface area contributed by atoms with Crippen molar-refractivity contribution in [3.05, 3.63) is 34.9 Å². The maximum Gasteiger partial charge on any atom is 0.262 e. The van der Waals surface area contributed by atoms with E-state index in [2.05, 4.69) is 10.6 Å². The first-order valence-corrected chi connectivity index (χ1v) is 7.03. The van der Waals surface area contributed by atoms with Crippen LogP contribution in [0.2, 0.25) is 0 Å². The highest BCUT2D eigenvalue weighted by Gasteiger charge is 2.36. The third kappa shape index (κ3) is 2.54. The third-order valence-electron chi connectivity index (χ3n) is 3.85. The van der Waals surface area contributed by atoms with Crippen molar-refractivity contribution in [2.24, 2.45) is 0 Å². The second-order valence-electron chi connectivity index (χ2n) is 5.50. The predicted molar refractivity (Wildman–Crippen MR) is 76.0 cm³/mol. The van der Waals surface area contributed by atoms with Crippen LogP contribution in [0.5, 0.6) is 0 Å². The van der Waals surface area contributed by atoms with Gasteiger partial charge in [0, 0.05) is 12.6 Å². The highest BCUT2D eigenvalue weighted by atomic mass is 16.2. The molecule has 0 aliphatic carbocycles. The number of amides is 3. The van der Waals surface area contributed by atoms with Gasteiger partial charge in [0.2, 0.25) is 5.91 Å². The average molecular weight is 287 g/mol. The van der Waals surface area contributed by atoms with Crippen molar-refractivity contribution in [1.29, 1.82) is 0 Å². The number of nitrogens with zero attached hydrogens (tertiary/aromatic N) is 1. The molecule has 3 amide bonds. The van der Waals surface area contributed by atoms with Gasteiger partial charge in [-0.3, -0.25) is 19.3 Å². The Morgan fingerprint density at radius 1 is 1.33 bits per heavy atom. The van der Waals surface area contributed by atoms with E-state index in [9.17, 15) is 14.4 Å². The molecular weight excluding hydrogens is 270 g/mol. The minimum Gasteiger partial charge on any atom is -0.350 e. The van der Waals surface area contributed by atoms with Crippen molar-refractivity contribution in [3.63, 3.8) is 0 Å². The minimum absolute atomic E-state index is 0.0786. The maximum atomic E-state index is 12.2. The van der Waals surface area contributed by atoms with Gasteiger partial charge in [0.1, 0.15) is 6.54 Å². The number of carbonyl (C=O) groups is 3. The molecule has 1 aromatic carbocycles. The number of hydrogen-bond acceptors (Lipinski definition) is 4. The molecule has 1 fully saturated rings. The van der Waals surface area contributed by atoms with Crippen LogP contribution in [0.4, 0.5) is 0 Å². The second kappa shape index (κ2) is 5.29. The summed E-state index contributed by atoms with van der Waals surface area (Å²) in [6.07, 6.45) is 0.868. The van der Waals surface area contributed by atoms with E-state index < -0.39 is 11.8 Å². The minimum atomic E-state index is -0.394. The van der Waals surface area contributed by atoms with Gasteiger partial charge in [0.05, 0.1) is 11.1 Å². The van der Waals surface area contributed by atoms with Gasteiger partial charge in [-0.15, -0.1) is 0 Å². The van der Waals surface area contributed by atoms with E-state index >= 15 is 0 Å². The van der Waals surface area contributed by atoms with Crippen LogP contribution in [0.1, 0.15) is 32.7 Å². The molecule has 0 aromatic heterocycles. The largest absolute Gasteiger partial charge is 0.350 e. The number of aryl methyl sites for hydroxylation is 1. The fourth-order valence-corrected chi connectivity index (χ4v) is 2.74. The van der Waals surface area contributed by atoms with Crippen LogP contribution in [0.3, 0.4) is 0 Å². The zero-order chi connectivity index (χ0) is 15.0. The Balaban J connectivity index is 1.71. The first-order chi connectivity index (χ1) is 10.1. The highest BCUT2D eigenvalue weighted by molar-refractivity contribution is 6.22. The molecule has 2 N–H and O–H groups in total. The van der Waals surface area contributed by atoms with Gasteiger partial charge in [-0.1, -0.05) is 11.6 Å². The summed E-state index contributed by atoms with van der Waals surface area (Å²) >= 11 is 0. The van der Waals surface area contributed by atoms with Crippen molar-refractivity contribution in [1.82, 2.24) is 15.5 Å². The van der Waals surface area contributed by atoms with Crippen LogP contribution in [0.15, 0.2) is 18.2 Å². The zero-order valence-electron chi connectivity index (χ0n) is 11.8. The molecule has 110 valence electrons. The van der Waals surface area contributed by atoms with Crippen LogP contribution in [0, 0.1) is 6.92 Å². The van der Waals surface area contributed by atoms with E-state index in [1.807, 2.05) is 6.92 Å². The molecule has 0 bridgehead atoms.